The smallest absolute Gasteiger partial charge is 0.154 e. The van der Waals surface area contributed by atoms with Gasteiger partial charge in [0.1, 0.15) is 6.07 Å². The van der Waals surface area contributed by atoms with E-state index in [-0.39, 0.29) is 6.61 Å². The molecule has 0 aromatic carbocycles. The molecule has 4 nitrogen and oxygen atoms in total. The van der Waals surface area contributed by atoms with Gasteiger partial charge in [-0.2, -0.15) is 5.26 Å². The third-order valence-electron chi connectivity index (χ3n) is 1.89. The lowest BCUT2D eigenvalue weighted by Crippen LogP contribution is -1.92. The summed E-state index contributed by atoms with van der Waals surface area (Å²) in [5.41, 5.74) is 1.79. The first kappa shape index (κ1) is 7.77. The second-order valence-electron chi connectivity index (χ2n) is 2.63. The molecule has 0 saturated carbocycles. The van der Waals surface area contributed by atoms with Gasteiger partial charge in [0, 0.05) is 6.20 Å². The Morgan fingerprint density at radius 2 is 2.46 bits per heavy atom. The molecule has 2 heterocycles. The molecule has 0 aliphatic heterocycles. The van der Waals surface area contributed by atoms with E-state index < -0.39 is 0 Å². The van der Waals surface area contributed by atoms with Crippen molar-refractivity contribution in [2.24, 2.45) is 0 Å². The molecule has 0 bridgehead atoms. The van der Waals surface area contributed by atoms with Crippen LogP contribution < -0.4 is 0 Å². The van der Waals surface area contributed by atoms with Crippen LogP contribution >= 0.6 is 0 Å². The zero-order chi connectivity index (χ0) is 9.26. The van der Waals surface area contributed by atoms with E-state index in [0.717, 1.165) is 0 Å². The lowest BCUT2D eigenvalue weighted by Gasteiger charge is -1.97. The van der Waals surface area contributed by atoms with Crippen LogP contribution in [0.2, 0.25) is 0 Å². The van der Waals surface area contributed by atoms with Crippen molar-refractivity contribution in [2.75, 3.05) is 0 Å². The molecule has 0 fully saturated rings. The van der Waals surface area contributed by atoms with Crippen LogP contribution in [0, 0.1) is 11.3 Å². The van der Waals surface area contributed by atoms with Gasteiger partial charge in [-0.15, -0.1) is 0 Å². The van der Waals surface area contributed by atoms with Gasteiger partial charge in [0.15, 0.2) is 5.65 Å². The van der Waals surface area contributed by atoms with Crippen LogP contribution in [-0.4, -0.2) is 14.5 Å². The molecule has 0 amide bonds. The Kier molecular flexibility index (Phi) is 1.72. The number of aromatic nitrogens is 2. The molecule has 0 spiro atoms. The van der Waals surface area contributed by atoms with Crippen molar-refractivity contribution in [2.45, 2.75) is 6.61 Å². The first-order chi connectivity index (χ1) is 6.36. The first-order valence-corrected chi connectivity index (χ1v) is 3.82. The highest BCUT2D eigenvalue weighted by Crippen LogP contribution is 2.10. The molecule has 2 aromatic heterocycles. The van der Waals surface area contributed by atoms with Gasteiger partial charge in [0.25, 0.3) is 0 Å². The van der Waals surface area contributed by atoms with Gasteiger partial charge >= 0.3 is 0 Å². The predicted octanol–water partition coefficient (Wildman–Crippen LogP) is 0.698. The van der Waals surface area contributed by atoms with Crippen molar-refractivity contribution >= 4 is 5.65 Å². The molecule has 0 saturated heterocycles. The molecule has 4 heteroatoms. The molecule has 0 unspecified atom stereocenters. The molecule has 0 radical (unpaired) electrons. The maximum Gasteiger partial charge on any atom is 0.154 e. The lowest BCUT2D eigenvalue weighted by molar-refractivity contribution is 0.276. The number of nitriles is 1. The molecular weight excluding hydrogens is 166 g/mol. The van der Waals surface area contributed by atoms with Crippen LogP contribution in [0.4, 0.5) is 0 Å². The number of imidazole rings is 1. The van der Waals surface area contributed by atoms with E-state index in [1.54, 1.807) is 28.9 Å². The van der Waals surface area contributed by atoms with E-state index in [4.69, 9.17) is 10.4 Å². The fraction of sp³-hybridized carbons (Fsp3) is 0.111. The molecular formula is C9H7N3O. The minimum atomic E-state index is -0.0734. The second kappa shape index (κ2) is 2.88. The molecule has 1 N–H and O–H groups in total. The summed E-state index contributed by atoms with van der Waals surface area (Å²) < 4.78 is 1.71. The largest absolute Gasteiger partial charge is 0.390 e. The molecule has 0 aliphatic rings. The summed E-state index contributed by atoms with van der Waals surface area (Å²) in [7, 11) is 0. The van der Waals surface area contributed by atoms with Crippen molar-refractivity contribution < 1.29 is 5.11 Å². The Labute approximate surface area is 74.7 Å². The number of pyridine rings is 1. The SMILES string of the molecule is N#Cc1cccn2c(CO)cnc12. The zero-order valence-corrected chi connectivity index (χ0v) is 6.81. The normalized spacial score (nSPS) is 10.2. The summed E-state index contributed by atoms with van der Waals surface area (Å²) in [6.45, 7) is -0.0734. The third kappa shape index (κ3) is 1.06. The van der Waals surface area contributed by atoms with Crippen molar-refractivity contribution in [1.82, 2.24) is 9.38 Å². The average molecular weight is 173 g/mol. The number of fused-ring (bicyclic) bond motifs is 1. The van der Waals surface area contributed by atoms with Crippen LogP contribution in [-0.2, 0) is 6.61 Å². The molecule has 0 atom stereocenters. The van der Waals surface area contributed by atoms with Gasteiger partial charge in [-0.1, -0.05) is 0 Å². The maximum atomic E-state index is 8.94. The molecule has 13 heavy (non-hydrogen) atoms. The van der Waals surface area contributed by atoms with Crippen LogP contribution in [0.5, 0.6) is 0 Å². The fourth-order valence-corrected chi connectivity index (χ4v) is 1.27. The Hall–Kier alpha value is -1.86. The summed E-state index contributed by atoms with van der Waals surface area (Å²) in [5.74, 6) is 0. The number of rotatable bonds is 1. The van der Waals surface area contributed by atoms with Gasteiger partial charge < -0.3 is 9.51 Å². The zero-order valence-electron chi connectivity index (χ0n) is 6.81. The van der Waals surface area contributed by atoms with E-state index in [1.165, 1.54) is 0 Å². The van der Waals surface area contributed by atoms with Gasteiger partial charge in [-0.3, -0.25) is 0 Å². The highest BCUT2D eigenvalue weighted by Gasteiger charge is 2.04. The number of hydrogen-bond donors (Lipinski definition) is 1. The number of hydrogen-bond acceptors (Lipinski definition) is 3. The quantitative estimate of drug-likeness (QED) is 0.690. The van der Waals surface area contributed by atoms with Crippen LogP contribution in [0.1, 0.15) is 11.3 Å². The Morgan fingerprint density at radius 1 is 1.62 bits per heavy atom. The van der Waals surface area contributed by atoms with Gasteiger partial charge in [0.05, 0.1) is 24.1 Å². The number of aliphatic hydroxyl groups excluding tert-OH is 1. The monoisotopic (exact) mass is 173 g/mol. The highest BCUT2D eigenvalue weighted by atomic mass is 16.3. The summed E-state index contributed by atoms with van der Waals surface area (Å²) in [6.07, 6.45) is 3.34. The summed E-state index contributed by atoms with van der Waals surface area (Å²) in [5, 5.41) is 17.7. The molecule has 0 aliphatic carbocycles. The van der Waals surface area contributed by atoms with E-state index in [0.29, 0.717) is 16.9 Å². The third-order valence-corrected chi connectivity index (χ3v) is 1.89. The maximum absolute atomic E-state index is 8.94. The van der Waals surface area contributed by atoms with Crippen LogP contribution in [0.3, 0.4) is 0 Å². The van der Waals surface area contributed by atoms with Gasteiger partial charge in [-0.05, 0) is 12.1 Å². The van der Waals surface area contributed by atoms with Crippen molar-refractivity contribution in [3.63, 3.8) is 0 Å². The highest BCUT2D eigenvalue weighted by molar-refractivity contribution is 5.55. The van der Waals surface area contributed by atoms with Crippen LogP contribution in [0.25, 0.3) is 5.65 Å². The molecule has 64 valence electrons. The van der Waals surface area contributed by atoms with Gasteiger partial charge in [-0.25, -0.2) is 4.98 Å². The number of aliphatic hydroxyl groups is 1. The standard InChI is InChI=1S/C9H7N3O/c10-4-7-2-1-3-12-8(6-13)5-11-9(7)12/h1-3,5,13H,6H2. The minimum absolute atomic E-state index is 0.0734. The molecule has 2 rings (SSSR count). The first-order valence-electron chi connectivity index (χ1n) is 3.82. The Morgan fingerprint density at radius 3 is 3.15 bits per heavy atom. The van der Waals surface area contributed by atoms with Gasteiger partial charge in [0.2, 0.25) is 0 Å². The van der Waals surface area contributed by atoms with E-state index in [1.807, 2.05) is 6.07 Å². The Balaban J connectivity index is 2.81. The molecule has 2 aromatic rings. The fourth-order valence-electron chi connectivity index (χ4n) is 1.27. The second-order valence-corrected chi connectivity index (χ2v) is 2.63. The van der Waals surface area contributed by atoms with Crippen molar-refractivity contribution in [1.29, 1.82) is 5.26 Å². The number of nitrogens with zero attached hydrogens (tertiary/aromatic N) is 3. The van der Waals surface area contributed by atoms with E-state index in [2.05, 4.69) is 4.98 Å². The Bertz CT molecular complexity index is 481. The van der Waals surface area contributed by atoms with E-state index >= 15 is 0 Å². The van der Waals surface area contributed by atoms with Crippen molar-refractivity contribution in [3.05, 3.63) is 35.8 Å². The summed E-state index contributed by atoms with van der Waals surface area (Å²) in [4.78, 5) is 4.04. The van der Waals surface area contributed by atoms with Crippen molar-refractivity contribution in [3.8, 4) is 6.07 Å². The van der Waals surface area contributed by atoms with E-state index in [9.17, 15) is 0 Å². The minimum Gasteiger partial charge on any atom is -0.390 e. The summed E-state index contributed by atoms with van der Waals surface area (Å²) >= 11 is 0. The predicted molar refractivity (Wildman–Crippen MR) is 45.8 cm³/mol. The van der Waals surface area contributed by atoms with Crippen LogP contribution in [0.15, 0.2) is 24.5 Å². The average Bonchev–Trinajstić information content (AvgIpc) is 2.60. The summed E-state index contributed by atoms with van der Waals surface area (Å²) in [6, 6.07) is 5.50. The topological polar surface area (TPSA) is 61.3 Å². The lowest BCUT2D eigenvalue weighted by atomic mass is 10.3.